The number of aromatic amines is 1. The van der Waals surface area contributed by atoms with Crippen LogP contribution in [0.1, 0.15) is 11.7 Å². The van der Waals surface area contributed by atoms with Gasteiger partial charge in [0.1, 0.15) is 18.2 Å². The summed E-state index contributed by atoms with van der Waals surface area (Å²) in [5.74, 6) is 0.548. The van der Waals surface area contributed by atoms with Crippen molar-refractivity contribution in [1.29, 1.82) is 0 Å². The van der Waals surface area contributed by atoms with Gasteiger partial charge in [0.2, 0.25) is 5.88 Å². The van der Waals surface area contributed by atoms with Crippen molar-refractivity contribution in [2.24, 2.45) is 0 Å². The Balaban J connectivity index is 1.27. The molecule has 1 heterocycles. The molecule has 0 aliphatic carbocycles. The lowest BCUT2D eigenvalue weighted by Crippen LogP contribution is -2.26. The summed E-state index contributed by atoms with van der Waals surface area (Å²) in [6.45, 7) is 1.09. The molecule has 0 fully saturated rings. The highest BCUT2D eigenvalue weighted by atomic mass is 32.2. The monoisotopic (exact) mass is 500 g/mol. The largest absolute Gasteiger partial charge is 0.492 e. The highest BCUT2D eigenvalue weighted by Crippen LogP contribution is 2.26. The summed E-state index contributed by atoms with van der Waals surface area (Å²) in [7, 11) is -2.40. The van der Waals surface area contributed by atoms with Crippen molar-refractivity contribution in [1.82, 2.24) is 15.5 Å². The van der Waals surface area contributed by atoms with Gasteiger partial charge in [-0.25, -0.2) is 12.8 Å². The lowest BCUT2D eigenvalue weighted by Gasteiger charge is -2.15. The number of anilines is 1. The number of H-pyrrole nitrogens is 1. The number of nitrogens with one attached hydrogen (secondary N) is 3. The molecule has 1 aromatic heterocycles. The van der Waals surface area contributed by atoms with E-state index in [-0.39, 0.29) is 17.1 Å². The average Bonchev–Trinajstić information content (AvgIpc) is 3.26. The third-order valence-electron chi connectivity index (χ3n) is 5.21. The van der Waals surface area contributed by atoms with Crippen LogP contribution in [-0.2, 0) is 10.0 Å². The van der Waals surface area contributed by atoms with Gasteiger partial charge >= 0.3 is 0 Å². The maximum Gasteiger partial charge on any atom is 0.261 e. The van der Waals surface area contributed by atoms with Crippen molar-refractivity contribution in [2.45, 2.75) is 11.0 Å². The molecule has 0 aliphatic heterocycles. The molecule has 0 spiro atoms. The molecule has 9 nitrogen and oxygen atoms in total. The van der Waals surface area contributed by atoms with Crippen molar-refractivity contribution in [3.63, 3.8) is 0 Å². The standard InChI is InChI=1S/C24H25FN4O5S/c1-33-24-21-9-8-19(14-22(21)27-28-24)34-11-10-26-15-23(30)16-4-2-6-18(12-16)29-35(31,32)20-7-3-5-17(25)13-20/h2-9,12-14,23,26,29-30H,10-11,15H2,1H3,(H,27,28)/t23-/m0/s1. The predicted molar refractivity (Wildman–Crippen MR) is 130 cm³/mol. The Hall–Kier alpha value is -3.67. The number of hydrogen-bond acceptors (Lipinski definition) is 7. The number of halogens is 1. The molecule has 11 heteroatoms. The van der Waals surface area contributed by atoms with Gasteiger partial charge in [0.15, 0.2) is 0 Å². The van der Waals surface area contributed by atoms with Gasteiger partial charge in [-0.1, -0.05) is 18.2 Å². The number of ether oxygens (including phenoxy) is 2. The number of benzene rings is 3. The van der Waals surface area contributed by atoms with Crippen molar-refractivity contribution in [2.75, 3.05) is 31.5 Å². The fourth-order valence-electron chi connectivity index (χ4n) is 3.47. The Morgan fingerprint density at radius 1 is 1.11 bits per heavy atom. The van der Waals surface area contributed by atoms with Crippen LogP contribution < -0.4 is 19.5 Å². The molecule has 0 amide bonds. The Morgan fingerprint density at radius 3 is 2.74 bits per heavy atom. The number of fused-ring (bicyclic) bond motifs is 1. The number of rotatable bonds is 11. The van der Waals surface area contributed by atoms with Crippen molar-refractivity contribution >= 4 is 26.6 Å². The van der Waals surface area contributed by atoms with E-state index >= 15 is 0 Å². The smallest absolute Gasteiger partial charge is 0.261 e. The second-order valence-corrected chi connectivity index (χ2v) is 9.38. The van der Waals surface area contributed by atoms with Crippen LogP contribution in [0.5, 0.6) is 11.6 Å². The van der Waals surface area contributed by atoms with E-state index in [0.717, 1.165) is 17.0 Å². The van der Waals surface area contributed by atoms with Crippen molar-refractivity contribution < 1.29 is 27.4 Å². The first-order valence-corrected chi connectivity index (χ1v) is 12.3. The van der Waals surface area contributed by atoms with Gasteiger partial charge in [-0.3, -0.25) is 9.82 Å². The molecule has 1 atom stereocenters. The molecule has 3 aromatic carbocycles. The number of hydrogen-bond donors (Lipinski definition) is 4. The van der Waals surface area contributed by atoms with Gasteiger partial charge in [-0.2, -0.15) is 0 Å². The summed E-state index contributed by atoms with van der Waals surface area (Å²) in [6.07, 6.45) is -0.873. The minimum Gasteiger partial charge on any atom is -0.492 e. The summed E-state index contributed by atoms with van der Waals surface area (Å²) in [4.78, 5) is -0.184. The van der Waals surface area contributed by atoms with Gasteiger partial charge < -0.3 is 19.9 Å². The van der Waals surface area contributed by atoms with Gasteiger partial charge in [0.25, 0.3) is 10.0 Å². The maximum atomic E-state index is 13.4. The highest BCUT2D eigenvalue weighted by Gasteiger charge is 2.16. The summed E-state index contributed by atoms with van der Waals surface area (Å²) in [6, 6.07) is 16.7. The summed E-state index contributed by atoms with van der Waals surface area (Å²) >= 11 is 0. The van der Waals surface area contributed by atoms with Crippen LogP contribution in [0.25, 0.3) is 10.9 Å². The topological polar surface area (TPSA) is 126 Å². The second-order valence-electron chi connectivity index (χ2n) is 7.70. The molecule has 4 N–H and O–H groups in total. The van der Waals surface area contributed by atoms with E-state index < -0.39 is 21.9 Å². The Kier molecular flexibility index (Phi) is 7.49. The maximum absolute atomic E-state index is 13.4. The average molecular weight is 501 g/mol. The Morgan fingerprint density at radius 2 is 1.94 bits per heavy atom. The van der Waals surface area contributed by atoms with E-state index in [0.29, 0.717) is 30.3 Å². The van der Waals surface area contributed by atoms with Gasteiger partial charge in [0, 0.05) is 24.8 Å². The van der Waals surface area contributed by atoms with Crippen LogP contribution in [-0.4, -0.2) is 50.5 Å². The van der Waals surface area contributed by atoms with Crippen LogP contribution in [0.2, 0.25) is 0 Å². The van der Waals surface area contributed by atoms with Crippen LogP contribution in [0, 0.1) is 5.82 Å². The molecule has 0 unspecified atom stereocenters. The lowest BCUT2D eigenvalue weighted by molar-refractivity contribution is 0.172. The molecule has 35 heavy (non-hydrogen) atoms. The van der Waals surface area contributed by atoms with E-state index in [4.69, 9.17) is 9.47 Å². The number of sulfonamides is 1. The quantitative estimate of drug-likeness (QED) is 0.233. The molecule has 0 saturated heterocycles. The van der Waals surface area contributed by atoms with Crippen molar-refractivity contribution in [3.8, 4) is 11.6 Å². The molecular weight excluding hydrogens is 475 g/mol. The number of aromatic nitrogens is 2. The van der Waals surface area contributed by atoms with E-state index in [9.17, 15) is 17.9 Å². The molecule has 4 rings (SSSR count). The zero-order valence-electron chi connectivity index (χ0n) is 18.9. The van der Waals surface area contributed by atoms with E-state index in [1.165, 1.54) is 24.3 Å². The summed E-state index contributed by atoms with van der Waals surface area (Å²) < 4.78 is 51.7. The molecule has 184 valence electrons. The van der Waals surface area contributed by atoms with E-state index in [2.05, 4.69) is 20.2 Å². The SMILES string of the molecule is COc1n[nH]c2cc(OCCNC[C@H](O)c3cccc(NS(=O)(=O)c4cccc(F)c4)c3)ccc12. The fraction of sp³-hybridized carbons (Fsp3) is 0.208. The first-order chi connectivity index (χ1) is 16.9. The van der Waals surface area contributed by atoms with E-state index in [1.807, 2.05) is 18.2 Å². The molecule has 0 bridgehead atoms. The zero-order valence-corrected chi connectivity index (χ0v) is 19.7. The fourth-order valence-corrected chi connectivity index (χ4v) is 4.55. The Labute approximate surface area is 201 Å². The first kappa shape index (κ1) is 24.5. The number of aliphatic hydroxyl groups is 1. The van der Waals surface area contributed by atoms with Crippen molar-refractivity contribution in [3.05, 3.63) is 78.1 Å². The highest BCUT2D eigenvalue weighted by molar-refractivity contribution is 7.92. The molecule has 0 saturated carbocycles. The minimum atomic E-state index is -3.96. The molecule has 0 radical (unpaired) electrons. The van der Waals surface area contributed by atoms with Crippen LogP contribution in [0.15, 0.2) is 71.6 Å². The Bertz CT molecular complexity index is 1410. The van der Waals surface area contributed by atoms with Crippen LogP contribution in [0.4, 0.5) is 10.1 Å². The molecule has 0 aliphatic rings. The lowest BCUT2D eigenvalue weighted by atomic mass is 10.1. The normalized spacial score (nSPS) is 12.4. The van der Waals surface area contributed by atoms with E-state index in [1.54, 1.807) is 25.3 Å². The van der Waals surface area contributed by atoms with Crippen LogP contribution >= 0.6 is 0 Å². The van der Waals surface area contributed by atoms with Gasteiger partial charge in [-0.15, -0.1) is 5.10 Å². The number of aliphatic hydroxyl groups excluding tert-OH is 1. The second kappa shape index (κ2) is 10.7. The van der Waals surface area contributed by atoms with Crippen LogP contribution in [0.3, 0.4) is 0 Å². The zero-order chi connectivity index (χ0) is 24.8. The summed E-state index contributed by atoms with van der Waals surface area (Å²) in [5.41, 5.74) is 1.59. The molecular formula is C24H25FN4O5S. The third kappa shape index (κ3) is 6.07. The van der Waals surface area contributed by atoms with Gasteiger partial charge in [-0.05, 0) is 48.0 Å². The number of nitrogens with zero attached hydrogens (tertiary/aromatic N) is 1. The number of methoxy groups -OCH3 is 1. The first-order valence-electron chi connectivity index (χ1n) is 10.8. The molecule has 4 aromatic rings. The predicted octanol–water partition coefficient (Wildman–Crippen LogP) is 3.21. The minimum absolute atomic E-state index is 0.184. The summed E-state index contributed by atoms with van der Waals surface area (Å²) in [5, 5.41) is 21.4. The third-order valence-corrected chi connectivity index (χ3v) is 6.59. The van der Waals surface area contributed by atoms with Gasteiger partial charge in [0.05, 0.1) is 29.0 Å².